The van der Waals surface area contributed by atoms with Gasteiger partial charge in [-0.2, -0.15) is 0 Å². The maximum atomic E-state index is 13.6. The van der Waals surface area contributed by atoms with Crippen molar-refractivity contribution in [1.82, 2.24) is 14.5 Å². The lowest BCUT2D eigenvalue weighted by atomic mass is 10.1. The van der Waals surface area contributed by atoms with E-state index in [1.807, 2.05) is 4.57 Å². The average Bonchev–Trinajstić information content (AvgIpc) is 3.34. The lowest BCUT2D eigenvalue weighted by Crippen LogP contribution is -2.32. The van der Waals surface area contributed by atoms with E-state index in [4.69, 9.17) is 0 Å². The van der Waals surface area contributed by atoms with Gasteiger partial charge in [-0.1, -0.05) is 0 Å². The van der Waals surface area contributed by atoms with E-state index in [9.17, 15) is 18.4 Å². The molecule has 0 N–H and O–H groups in total. The highest BCUT2D eigenvalue weighted by molar-refractivity contribution is 5.99. The van der Waals surface area contributed by atoms with E-state index in [1.54, 1.807) is 11.1 Å². The molecule has 0 atom stereocenters. The van der Waals surface area contributed by atoms with Crippen LogP contribution in [0, 0.1) is 11.6 Å². The average molecular weight is 369 g/mol. The molecule has 5 rings (SSSR count). The summed E-state index contributed by atoms with van der Waals surface area (Å²) in [6.07, 6.45) is 5.35. The summed E-state index contributed by atoms with van der Waals surface area (Å²) in [5.74, 6) is -2.23. The van der Waals surface area contributed by atoms with Gasteiger partial charge in [-0.3, -0.25) is 9.59 Å². The van der Waals surface area contributed by atoms with Gasteiger partial charge in [-0.25, -0.2) is 13.8 Å². The lowest BCUT2D eigenvalue weighted by Gasteiger charge is -2.17. The molecule has 1 saturated heterocycles. The Morgan fingerprint density at radius 3 is 2.48 bits per heavy atom. The number of nitrogens with zero attached hydrogens (tertiary/aromatic N) is 3. The number of hydrogen-bond acceptors (Lipinski definition) is 3. The summed E-state index contributed by atoms with van der Waals surface area (Å²) in [5.41, 5.74) is 0.422. The second-order valence-corrected chi connectivity index (χ2v) is 7.33. The van der Waals surface area contributed by atoms with Crippen LogP contribution in [0.3, 0.4) is 0 Å². The third kappa shape index (κ3) is 2.60. The van der Waals surface area contributed by atoms with Crippen molar-refractivity contribution in [3.05, 3.63) is 51.8 Å². The van der Waals surface area contributed by atoms with Crippen LogP contribution in [0.1, 0.15) is 42.1 Å². The number of aromatic nitrogens is 2. The van der Waals surface area contributed by atoms with Crippen LogP contribution in [-0.4, -0.2) is 33.4 Å². The molecule has 7 heteroatoms. The molecule has 0 bridgehead atoms. The summed E-state index contributed by atoms with van der Waals surface area (Å²) in [5, 5.41) is 0.608. The SMILES string of the molecule is O=C(c1cn(C2CC2)c2nc3cc(F)c(F)cc3cc2c1=O)N1CCCC1. The first-order valence-electron chi connectivity index (χ1n) is 9.17. The van der Waals surface area contributed by atoms with E-state index in [0.717, 1.165) is 37.8 Å². The third-order valence-electron chi connectivity index (χ3n) is 5.40. The number of benzene rings is 1. The van der Waals surface area contributed by atoms with Gasteiger partial charge >= 0.3 is 0 Å². The fourth-order valence-electron chi connectivity index (χ4n) is 3.80. The number of carbonyl (C=O) groups is 1. The third-order valence-corrected chi connectivity index (χ3v) is 5.40. The molecule has 2 aromatic heterocycles. The maximum absolute atomic E-state index is 13.6. The van der Waals surface area contributed by atoms with Gasteiger partial charge in [0.25, 0.3) is 5.91 Å². The van der Waals surface area contributed by atoms with Crippen LogP contribution in [0.2, 0.25) is 0 Å². The van der Waals surface area contributed by atoms with Crippen molar-refractivity contribution in [2.45, 2.75) is 31.7 Å². The molecular weight excluding hydrogens is 352 g/mol. The van der Waals surface area contributed by atoms with Crippen LogP contribution >= 0.6 is 0 Å². The number of carbonyl (C=O) groups excluding carboxylic acids is 1. The Hall–Kier alpha value is -2.83. The molecule has 2 aliphatic rings. The predicted molar refractivity (Wildman–Crippen MR) is 96.8 cm³/mol. The number of amides is 1. The van der Waals surface area contributed by atoms with Crippen molar-refractivity contribution in [3.8, 4) is 0 Å². The van der Waals surface area contributed by atoms with Gasteiger partial charge in [0.1, 0.15) is 11.2 Å². The molecule has 0 spiro atoms. The van der Waals surface area contributed by atoms with Gasteiger partial charge in [0, 0.05) is 36.8 Å². The van der Waals surface area contributed by atoms with Crippen LogP contribution in [-0.2, 0) is 0 Å². The molecule has 27 heavy (non-hydrogen) atoms. The Kier molecular flexibility index (Phi) is 3.54. The van der Waals surface area contributed by atoms with Crippen LogP contribution in [0.4, 0.5) is 8.78 Å². The van der Waals surface area contributed by atoms with Gasteiger partial charge in [-0.05, 0) is 37.8 Å². The zero-order valence-corrected chi connectivity index (χ0v) is 14.5. The second-order valence-electron chi connectivity index (χ2n) is 7.33. The van der Waals surface area contributed by atoms with E-state index in [1.165, 1.54) is 6.07 Å². The number of pyridine rings is 2. The molecule has 1 aliphatic heterocycles. The van der Waals surface area contributed by atoms with E-state index >= 15 is 0 Å². The Morgan fingerprint density at radius 1 is 1.07 bits per heavy atom. The minimum atomic E-state index is -0.990. The summed E-state index contributed by atoms with van der Waals surface area (Å²) >= 11 is 0. The summed E-state index contributed by atoms with van der Waals surface area (Å²) < 4.78 is 29.1. The normalized spacial score (nSPS) is 17.2. The molecule has 0 unspecified atom stereocenters. The van der Waals surface area contributed by atoms with Crippen LogP contribution in [0.25, 0.3) is 21.9 Å². The van der Waals surface area contributed by atoms with Crippen molar-refractivity contribution in [1.29, 1.82) is 0 Å². The fraction of sp³-hybridized carbons (Fsp3) is 0.350. The summed E-state index contributed by atoms with van der Waals surface area (Å²) in [6.45, 7) is 1.31. The smallest absolute Gasteiger partial charge is 0.259 e. The monoisotopic (exact) mass is 369 g/mol. The quantitative estimate of drug-likeness (QED) is 0.651. The van der Waals surface area contributed by atoms with Gasteiger partial charge in [-0.15, -0.1) is 0 Å². The Morgan fingerprint density at radius 2 is 1.78 bits per heavy atom. The van der Waals surface area contributed by atoms with Crippen molar-refractivity contribution in [2.24, 2.45) is 0 Å². The number of fused-ring (bicyclic) bond motifs is 2. The molecule has 2 fully saturated rings. The first-order chi connectivity index (χ1) is 13.0. The first kappa shape index (κ1) is 16.4. The standard InChI is InChI=1S/C20H17F2N3O2/c21-15-8-11-7-13-18(26)14(20(27)24-5-1-2-6-24)10-25(12-3-4-12)19(13)23-17(11)9-16(15)22/h7-10,12H,1-6H2. The Bertz CT molecular complexity index is 1160. The topological polar surface area (TPSA) is 55.2 Å². The number of halogens is 2. The predicted octanol–water partition coefficient (Wildman–Crippen LogP) is 3.40. The van der Waals surface area contributed by atoms with Crippen molar-refractivity contribution < 1.29 is 13.6 Å². The zero-order valence-electron chi connectivity index (χ0n) is 14.5. The number of rotatable bonds is 2. The van der Waals surface area contributed by atoms with Gasteiger partial charge in [0.15, 0.2) is 11.6 Å². The maximum Gasteiger partial charge on any atom is 0.259 e. The van der Waals surface area contributed by atoms with E-state index < -0.39 is 17.1 Å². The largest absolute Gasteiger partial charge is 0.338 e. The van der Waals surface area contributed by atoms with E-state index in [0.29, 0.717) is 24.1 Å². The summed E-state index contributed by atoms with van der Waals surface area (Å²) in [4.78, 5) is 32.0. The van der Waals surface area contributed by atoms with Gasteiger partial charge < -0.3 is 9.47 Å². The highest BCUT2D eigenvalue weighted by atomic mass is 19.2. The molecule has 3 aromatic rings. The number of hydrogen-bond donors (Lipinski definition) is 0. The lowest BCUT2D eigenvalue weighted by molar-refractivity contribution is 0.0791. The number of likely N-dealkylation sites (tertiary alicyclic amines) is 1. The molecule has 138 valence electrons. The molecular formula is C20H17F2N3O2. The zero-order chi connectivity index (χ0) is 18.7. The van der Waals surface area contributed by atoms with E-state index in [2.05, 4.69) is 4.98 Å². The Labute approximate surface area is 153 Å². The molecule has 1 amide bonds. The Balaban J connectivity index is 1.79. The van der Waals surface area contributed by atoms with Crippen molar-refractivity contribution >= 4 is 27.8 Å². The summed E-state index contributed by atoms with van der Waals surface area (Å²) in [6, 6.07) is 3.76. The highest BCUT2D eigenvalue weighted by Crippen LogP contribution is 2.37. The molecule has 1 aromatic carbocycles. The molecule has 5 nitrogen and oxygen atoms in total. The van der Waals surface area contributed by atoms with Crippen LogP contribution in [0.5, 0.6) is 0 Å². The fourth-order valence-corrected chi connectivity index (χ4v) is 3.80. The van der Waals surface area contributed by atoms with E-state index in [-0.39, 0.29) is 28.4 Å². The summed E-state index contributed by atoms with van der Waals surface area (Å²) in [7, 11) is 0. The minimum Gasteiger partial charge on any atom is -0.338 e. The van der Waals surface area contributed by atoms with Gasteiger partial charge in [0.05, 0.1) is 10.9 Å². The highest BCUT2D eigenvalue weighted by Gasteiger charge is 2.29. The van der Waals surface area contributed by atoms with Crippen molar-refractivity contribution in [3.63, 3.8) is 0 Å². The minimum absolute atomic E-state index is 0.125. The van der Waals surface area contributed by atoms with Gasteiger partial charge in [0.2, 0.25) is 5.43 Å². The molecule has 0 radical (unpaired) electrons. The molecule has 1 saturated carbocycles. The molecule has 1 aliphatic carbocycles. The van der Waals surface area contributed by atoms with Crippen LogP contribution < -0.4 is 5.43 Å². The van der Waals surface area contributed by atoms with Crippen molar-refractivity contribution in [2.75, 3.05) is 13.1 Å². The molecule has 3 heterocycles. The first-order valence-corrected chi connectivity index (χ1v) is 9.17. The van der Waals surface area contributed by atoms with Crippen LogP contribution in [0.15, 0.2) is 29.2 Å². The second kappa shape index (κ2) is 5.84.